The van der Waals surface area contributed by atoms with Gasteiger partial charge in [0.1, 0.15) is 5.54 Å². The van der Waals surface area contributed by atoms with E-state index < -0.39 is 5.54 Å². The highest BCUT2D eigenvalue weighted by Crippen LogP contribution is 2.41. The zero-order valence-corrected chi connectivity index (χ0v) is 21.9. The van der Waals surface area contributed by atoms with Crippen molar-refractivity contribution in [2.45, 2.75) is 58.0 Å². The Bertz CT molecular complexity index is 952. The van der Waals surface area contributed by atoms with Gasteiger partial charge in [0, 0.05) is 69.5 Å². The highest BCUT2D eigenvalue weighted by atomic mass is 35.5. The number of piperidine rings is 1. The Morgan fingerprint density at radius 2 is 1.83 bits per heavy atom. The number of anilines is 1. The number of halogens is 1. The maximum Gasteiger partial charge on any atom is 0.247 e. The van der Waals surface area contributed by atoms with Crippen LogP contribution in [0.4, 0.5) is 5.69 Å². The summed E-state index contributed by atoms with van der Waals surface area (Å²) in [6.45, 7) is 10.9. The molecule has 3 heterocycles. The molecule has 0 radical (unpaired) electrons. The van der Waals surface area contributed by atoms with Crippen molar-refractivity contribution in [3.05, 3.63) is 29.3 Å². The number of hydrogen-bond acceptors (Lipinski definition) is 5. The third kappa shape index (κ3) is 5.92. The second-order valence-corrected chi connectivity index (χ2v) is 11.3. The second kappa shape index (κ2) is 10.3. The predicted octanol–water partition coefficient (Wildman–Crippen LogP) is 2.26. The van der Waals surface area contributed by atoms with Gasteiger partial charge in [-0.25, -0.2) is 0 Å². The van der Waals surface area contributed by atoms with Crippen LogP contribution in [-0.4, -0.2) is 84.9 Å². The molecule has 3 saturated heterocycles. The van der Waals surface area contributed by atoms with E-state index in [4.69, 9.17) is 11.6 Å². The standard InChI is InChI=1S/C26H38ClN5O3/c1-19(33)29-25(2,3)24(35)32-11-8-26(9-12-32)18-21(28-23(26)34)7-10-30-13-15-31(16-14-30)22-6-4-5-20(27)17-22/h4-6,17,21H,7-16,18H2,1-3H3,(H,28,34)(H,29,33)/t21-/m0/s1. The predicted molar refractivity (Wildman–Crippen MR) is 137 cm³/mol. The highest BCUT2D eigenvalue weighted by molar-refractivity contribution is 6.30. The number of rotatable bonds is 6. The first-order valence-electron chi connectivity index (χ1n) is 12.7. The number of benzene rings is 1. The summed E-state index contributed by atoms with van der Waals surface area (Å²) in [5.74, 6) is -0.170. The third-order valence-electron chi connectivity index (χ3n) is 7.82. The van der Waals surface area contributed by atoms with Crippen LogP contribution in [0.25, 0.3) is 0 Å². The monoisotopic (exact) mass is 503 g/mol. The Morgan fingerprint density at radius 3 is 2.46 bits per heavy atom. The maximum absolute atomic E-state index is 13.0. The minimum atomic E-state index is -0.937. The van der Waals surface area contributed by atoms with Crippen LogP contribution in [0.5, 0.6) is 0 Å². The quantitative estimate of drug-likeness (QED) is 0.622. The van der Waals surface area contributed by atoms with Gasteiger partial charge in [0.2, 0.25) is 17.7 Å². The van der Waals surface area contributed by atoms with Crippen molar-refractivity contribution in [2.24, 2.45) is 5.41 Å². The molecule has 9 heteroatoms. The van der Waals surface area contributed by atoms with Crippen LogP contribution < -0.4 is 15.5 Å². The van der Waals surface area contributed by atoms with E-state index >= 15 is 0 Å². The molecule has 35 heavy (non-hydrogen) atoms. The number of carbonyl (C=O) groups is 3. The Kier molecular flexibility index (Phi) is 7.62. The number of likely N-dealkylation sites (tertiary alicyclic amines) is 1. The minimum Gasteiger partial charge on any atom is -0.369 e. The van der Waals surface area contributed by atoms with E-state index in [2.05, 4.69) is 26.5 Å². The molecule has 0 saturated carbocycles. The van der Waals surface area contributed by atoms with E-state index in [1.54, 1.807) is 18.7 Å². The molecular weight excluding hydrogens is 466 g/mol. The lowest BCUT2D eigenvalue weighted by Gasteiger charge is -2.40. The molecule has 2 N–H and O–H groups in total. The number of hydrogen-bond donors (Lipinski definition) is 2. The van der Waals surface area contributed by atoms with E-state index in [1.165, 1.54) is 12.6 Å². The molecule has 0 aromatic heterocycles. The lowest BCUT2D eigenvalue weighted by Crippen LogP contribution is -2.58. The largest absolute Gasteiger partial charge is 0.369 e. The van der Waals surface area contributed by atoms with Crippen molar-refractivity contribution < 1.29 is 14.4 Å². The van der Waals surface area contributed by atoms with Gasteiger partial charge in [0.05, 0.1) is 5.41 Å². The van der Waals surface area contributed by atoms with Crippen LogP contribution in [-0.2, 0) is 14.4 Å². The molecular formula is C26H38ClN5O3. The average molecular weight is 504 g/mol. The molecule has 3 aliphatic heterocycles. The molecule has 3 fully saturated rings. The smallest absolute Gasteiger partial charge is 0.247 e. The summed E-state index contributed by atoms with van der Waals surface area (Å²) < 4.78 is 0. The fourth-order valence-electron chi connectivity index (χ4n) is 5.83. The summed E-state index contributed by atoms with van der Waals surface area (Å²) in [4.78, 5) is 44.0. The van der Waals surface area contributed by atoms with Crippen molar-refractivity contribution in [3.63, 3.8) is 0 Å². The van der Waals surface area contributed by atoms with Crippen LogP contribution in [0, 0.1) is 5.41 Å². The normalized spacial score (nSPS) is 22.9. The molecule has 0 unspecified atom stereocenters. The van der Waals surface area contributed by atoms with Crippen molar-refractivity contribution >= 4 is 35.0 Å². The molecule has 192 valence electrons. The summed E-state index contributed by atoms with van der Waals surface area (Å²) in [5.41, 5.74) is -0.134. The van der Waals surface area contributed by atoms with E-state index in [9.17, 15) is 14.4 Å². The summed E-state index contributed by atoms with van der Waals surface area (Å²) in [7, 11) is 0. The molecule has 1 spiro atoms. The van der Waals surface area contributed by atoms with E-state index in [0.29, 0.717) is 25.9 Å². The molecule has 3 aliphatic rings. The molecule has 1 aromatic rings. The van der Waals surface area contributed by atoms with Gasteiger partial charge in [0.15, 0.2) is 0 Å². The van der Waals surface area contributed by atoms with Crippen LogP contribution in [0.2, 0.25) is 5.02 Å². The minimum absolute atomic E-state index is 0.0885. The lowest BCUT2D eigenvalue weighted by atomic mass is 9.75. The zero-order valence-electron chi connectivity index (χ0n) is 21.1. The summed E-state index contributed by atoms with van der Waals surface area (Å²) in [6.07, 6.45) is 3.14. The number of carbonyl (C=O) groups excluding carboxylic acids is 3. The SMILES string of the molecule is CC(=O)NC(C)(C)C(=O)N1CCC2(CC1)C[C@H](CCN1CCN(c3cccc(Cl)c3)CC1)NC2=O. The van der Waals surface area contributed by atoms with E-state index in [0.717, 1.165) is 50.6 Å². The Labute approximate surface area is 213 Å². The number of nitrogens with one attached hydrogen (secondary N) is 2. The highest BCUT2D eigenvalue weighted by Gasteiger charge is 2.49. The van der Waals surface area contributed by atoms with Crippen molar-refractivity contribution in [2.75, 3.05) is 50.7 Å². The van der Waals surface area contributed by atoms with Gasteiger partial charge in [-0.2, -0.15) is 0 Å². The maximum atomic E-state index is 13.0. The number of amides is 3. The fraction of sp³-hybridized carbons (Fsp3) is 0.654. The molecule has 1 atom stereocenters. The summed E-state index contributed by atoms with van der Waals surface area (Å²) in [6, 6.07) is 8.20. The average Bonchev–Trinajstić information content (AvgIpc) is 3.12. The van der Waals surface area contributed by atoms with Crippen LogP contribution in [0.15, 0.2) is 24.3 Å². The number of piperazine rings is 1. The van der Waals surface area contributed by atoms with Crippen molar-refractivity contribution in [1.82, 2.24) is 20.4 Å². The van der Waals surface area contributed by atoms with Gasteiger partial charge >= 0.3 is 0 Å². The molecule has 8 nitrogen and oxygen atoms in total. The van der Waals surface area contributed by atoms with Gasteiger partial charge in [-0.1, -0.05) is 17.7 Å². The zero-order chi connectivity index (χ0) is 25.2. The van der Waals surface area contributed by atoms with Gasteiger partial charge in [-0.05, 0) is 57.7 Å². The molecule has 4 rings (SSSR count). The lowest BCUT2D eigenvalue weighted by molar-refractivity contribution is -0.144. The van der Waals surface area contributed by atoms with Gasteiger partial charge in [-0.3, -0.25) is 19.3 Å². The number of nitrogens with zero attached hydrogens (tertiary/aromatic N) is 3. The van der Waals surface area contributed by atoms with E-state index in [-0.39, 0.29) is 29.2 Å². The molecule has 0 bridgehead atoms. The van der Waals surface area contributed by atoms with E-state index in [1.807, 2.05) is 18.2 Å². The topological polar surface area (TPSA) is 85.0 Å². The molecule has 1 aromatic carbocycles. The summed E-state index contributed by atoms with van der Waals surface area (Å²) >= 11 is 6.14. The van der Waals surface area contributed by atoms with Crippen molar-refractivity contribution in [1.29, 1.82) is 0 Å². The molecule has 0 aliphatic carbocycles. The van der Waals surface area contributed by atoms with Gasteiger partial charge in [0.25, 0.3) is 0 Å². The Morgan fingerprint density at radius 1 is 1.14 bits per heavy atom. The molecule has 3 amide bonds. The second-order valence-electron chi connectivity index (χ2n) is 10.9. The fourth-order valence-corrected chi connectivity index (χ4v) is 6.01. The van der Waals surface area contributed by atoms with Crippen molar-refractivity contribution in [3.8, 4) is 0 Å². The Hall–Kier alpha value is -2.32. The van der Waals surface area contributed by atoms with Gasteiger partial charge < -0.3 is 20.4 Å². The first-order chi connectivity index (χ1) is 16.6. The van der Waals surface area contributed by atoms with Crippen LogP contribution in [0.3, 0.4) is 0 Å². The summed E-state index contributed by atoms with van der Waals surface area (Å²) in [5, 5.41) is 6.74. The Balaban J connectivity index is 1.23. The first-order valence-corrected chi connectivity index (χ1v) is 13.1. The third-order valence-corrected chi connectivity index (χ3v) is 8.06. The van der Waals surface area contributed by atoms with Crippen LogP contribution in [0.1, 0.15) is 46.5 Å². The van der Waals surface area contributed by atoms with Gasteiger partial charge in [-0.15, -0.1) is 0 Å². The first kappa shape index (κ1) is 25.8. The van der Waals surface area contributed by atoms with Crippen LogP contribution >= 0.6 is 11.6 Å².